The minimum absolute atomic E-state index is 0.218. The van der Waals surface area contributed by atoms with Crippen molar-refractivity contribution < 1.29 is 23.8 Å². The average Bonchev–Trinajstić information content (AvgIpc) is 3.46. The van der Waals surface area contributed by atoms with Crippen LogP contribution in [0.5, 0.6) is 17.2 Å². The highest BCUT2D eigenvalue weighted by atomic mass is 32.1. The van der Waals surface area contributed by atoms with Crippen LogP contribution in [0.2, 0.25) is 0 Å². The Hall–Kier alpha value is -3.21. The molecular formula is C22H29N5O5S. The number of carbonyl (C=O) groups excluding carboxylic acids is 2. The van der Waals surface area contributed by atoms with Gasteiger partial charge < -0.3 is 29.7 Å². The summed E-state index contributed by atoms with van der Waals surface area (Å²) < 4.78 is 16.0. The maximum Gasteiger partial charge on any atom is 0.322 e. The van der Waals surface area contributed by atoms with Crippen LogP contribution in [0.4, 0.5) is 20.4 Å². The summed E-state index contributed by atoms with van der Waals surface area (Å²) >= 11 is 1.40. The minimum atomic E-state index is -0.239. The van der Waals surface area contributed by atoms with Gasteiger partial charge in [0.1, 0.15) is 0 Å². The molecule has 2 heterocycles. The summed E-state index contributed by atoms with van der Waals surface area (Å²) in [6, 6.07) is 3.16. The van der Waals surface area contributed by atoms with Gasteiger partial charge in [-0.15, -0.1) is 0 Å². The lowest BCUT2D eigenvalue weighted by Crippen LogP contribution is -2.38. The Labute approximate surface area is 196 Å². The maximum absolute atomic E-state index is 12.9. The van der Waals surface area contributed by atoms with Crippen LogP contribution in [0.25, 0.3) is 0 Å². The van der Waals surface area contributed by atoms with Crippen LogP contribution in [-0.2, 0) is 13.0 Å². The van der Waals surface area contributed by atoms with Crippen LogP contribution >= 0.6 is 11.3 Å². The van der Waals surface area contributed by atoms with Gasteiger partial charge in [-0.1, -0.05) is 24.2 Å². The Morgan fingerprint density at radius 1 is 1.06 bits per heavy atom. The van der Waals surface area contributed by atoms with Crippen molar-refractivity contribution in [2.45, 2.75) is 44.7 Å². The summed E-state index contributed by atoms with van der Waals surface area (Å²) in [5.41, 5.74) is 1.46. The number of nitrogens with one attached hydrogen (secondary N) is 3. The van der Waals surface area contributed by atoms with Gasteiger partial charge in [0.25, 0.3) is 0 Å². The quantitative estimate of drug-likeness (QED) is 0.585. The molecule has 0 saturated heterocycles. The lowest BCUT2D eigenvalue weighted by Gasteiger charge is -2.26. The van der Waals surface area contributed by atoms with Gasteiger partial charge >= 0.3 is 12.1 Å². The highest BCUT2D eigenvalue weighted by Gasteiger charge is 2.26. The zero-order valence-corrected chi connectivity index (χ0v) is 19.8. The highest BCUT2D eigenvalue weighted by Crippen LogP contribution is 2.40. The standard InChI is InChI=1S/C22H29N5O5S/c1-30-16-10-14(11-17(31-2)19(16)32-3)24-22(29)27-9-8-15-18(12-27)33-21(25-15)26-20(28)23-13-6-4-5-7-13/h10-11,13H,4-9,12H2,1-3H3,(H,24,29)(H2,23,25,26,28). The first-order valence-corrected chi connectivity index (χ1v) is 11.7. The smallest absolute Gasteiger partial charge is 0.322 e. The summed E-state index contributed by atoms with van der Waals surface area (Å²) in [7, 11) is 4.58. The third kappa shape index (κ3) is 5.24. The number of nitrogens with zero attached hydrogens (tertiary/aromatic N) is 2. The van der Waals surface area contributed by atoms with Gasteiger partial charge in [-0.05, 0) is 12.8 Å². The largest absolute Gasteiger partial charge is 0.493 e. The zero-order valence-electron chi connectivity index (χ0n) is 19.0. The molecule has 1 saturated carbocycles. The first kappa shape index (κ1) is 23.0. The van der Waals surface area contributed by atoms with Crippen molar-refractivity contribution in [1.82, 2.24) is 15.2 Å². The van der Waals surface area contributed by atoms with Gasteiger partial charge in [0.15, 0.2) is 16.6 Å². The molecular weight excluding hydrogens is 446 g/mol. The molecule has 11 heteroatoms. The van der Waals surface area contributed by atoms with Crippen molar-refractivity contribution in [3.05, 3.63) is 22.7 Å². The number of benzene rings is 1. The lowest BCUT2D eigenvalue weighted by molar-refractivity contribution is 0.207. The maximum atomic E-state index is 12.9. The van der Waals surface area contributed by atoms with E-state index in [0.29, 0.717) is 47.6 Å². The molecule has 4 rings (SSSR count). The highest BCUT2D eigenvalue weighted by molar-refractivity contribution is 7.15. The van der Waals surface area contributed by atoms with E-state index >= 15 is 0 Å². The molecule has 1 aliphatic heterocycles. The third-order valence-electron chi connectivity index (χ3n) is 5.85. The number of thiazole rings is 1. The van der Waals surface area contributed by atoms with Gasteiger partial charge in [-0.3, -0.25) is 5.32 Å². The number of ether oxygens (including phenoxy) is 3. The van der Waals surface area contributed by atoms with Gasteiger partial charge in [0, 0.05) is 36.0 Å². The molecule has 0 unspecified atom stereocenters. The number of urea groups is 2. The van der Waals surface area contributed by atoms with E-state index in [9.17, 15) is 9.59 Å². The normalized spacial score (nSPS) is 15.5. The predicted molar refractivity (Wildman–Crippen MR) is 126 cm³/mol. The van der Waals surface area contributed by atoms with E-state index in [1.807, 2.05) is 0 Å². The molecule has 2 aromatic rings. The number of hydrogen-bond donors (Lipinski definition) is 3. The number of amides is 4. The Morgan fingerprint density at radius 2 is 1.76 bits per heavy atom. The van der Waals surface area contributed by atoms with Crippen molar-refractivity contribution in [2.75, 3.05) is 38.5 Å². The van der Waals surface area contributed by atoms with Gasteiger partial charge in [0.05, 0.1) is 39.3 Å². The second kappa shape index (κ2) is 10.2. The first-order valence-electron chi connectivity index (χ1n) is 10.9. The van der Waals surface area contributed by atoms with E-state index < -0.39 is 0 Å². The Bertz CT molecular complexity index is 996. The fourth-order valence-corrected chi connectivity index (χ4v) is 5.19. The summed E-state index contributed by atoms with van der Waals surface area (Å²) in [4.78, 5) is 32.4. The molecule has 178 valence electrons. The molecule has 1 fully saturated rings. The predicted octanol–water partition coefficient (Wildman–Crippen LogP) is 3.82. The van der Waals surface area contributed by atoms with E-state index in [4.69, 9.17) is 14.2 Å². The second-order valence-electron chi connectivity index (χ2n) is 7.98. The number of methoxy groups -OCH3 is 3. The zero-order chi connectivity index (χ0) is 23.4. The molecule has 1 aromatic carbocycles. The first-order chi connectivity index (χ1) is 16.0. The van der Waals surface area contributed by atoms with E-state index in [2.05, 4.69) is 20.9 Å². The molecule has 0 bridgehead atoms. The van der Waals surface area contributed by atoms with E-state index in [1.54, 1.807) is 17.0 Å². The number of hydrogen-bond acceptors (Lipinski definition) is 7. The summed E-state index contributed by atoms with van der Waals surface area (Å²) in [6.45, 7) is 0.954. The van der Waals surface area contributed by atoms with Gasteiger partial charge in [-0.2, -0.15) is 0 Å². The molecule has 4 amide bonds. The SMILES string of the molecule is COc1cc(NC(=O)N2CCc3nc(NC(=O)NC4CCCC4)sc3C2)cc(OC)c1OC. The number of fused-ring (bicyclic) bond motifs is 1. The molecule has 1 aliphatic carbocycles. The Kier molecular flexibility index (Phi) is 7.07. The van der Waals surface area contributed by atoms with Crippen molar-refractivity contribution in [3.63, 3.8) is 0 Å². The van der Waals surface area contributed by atoms with Crippen molar-refractivity contribution in [1.29, 1.82) is 0 Å². The van der Waals surface area contributed by atoms with Crippen LogP contribution in [-0.4, -0.2) is 55.9 Å². The topological polar surface area (TPSA) is 114 Å². The van der Waals surface area contributed by atoms with E-state index in [0.717, 1.165) is 36.3 Å². The fraction of sp³-hybridized carbons (Fsp3) is 0.500. The third-order valence-corrected chi connectivity index (χ3v) is 6.84. The molecule has 1 aromatic heterocycles. The number of rotatable bonds is 6. The summed E-state index contributed by atoms with van der Waals surface area (Å²) in [6.07, 6.45) is 4.99. The molecule has 10 nitrogen and oxygen atoms in total. The monoisotopic (exact) mass is 475 g/mol. The Balaban J connectivity index is 1.38. The molecule has 33 heavy (non-hydrogen) atoms. The fourth-order valence-electron chi connectivity index (χ4n) is 4.17. The van der Waals surface area contributed by atoms with Crippen LogP contribution in [0, 0.1) is 0 Å². The van der Waals surface area contributed by atoms with E-state index in [-0.39, 0.29) is 18.1 Å². The second-order valence-corrected chi connectivity index (χ2v) is 9.07. The molecule has 0 spiro atoms. The molecule has 3 N–H and O–H groups in total. The van der Waals surface area contributed by atoms with Crippen LogP contribution in [0.3, 0.4) is 0 Å². The van der Waals surface area contributed by atoms with E-state index in [1.165, 1.54) is 32.7 Å². The van der Waals surface area contributed by atoms with Crippen LogP contribution in [0.15, 0.2) is 12.1 Å². The van der Waals surface area contributed by atoms with Crippen molar-refractivity contribution in [2.24, 2.45) is 0 Å². The Morgan fingerprint density at radius 3 is 2.39 bits per heavy atom. The number of aromatic nitrogens is 1. The molecule has 0 radical (unpaired) electrons. The van der Waals surface area contributed by atoms with Crippen molar-refractivity contribution in [3.8, 4) is 17.2 Å². The summed E-state index contributed by atoms with van der Waals surface area (Å²) in [5.74, 6) is 1.38. The molecule has 0 atom stereocenters. The minimum Gasteiger partial charge on any atom is -0.493 e. The molecule has 2 aliphatic rings. The van der Waals surface area contributed by atoms with Crippen LogP contribution in [0.1, 0.15) is 36.3 Å². The average molecular weight is 476 g/mol. The number of anilines is 2. The lowest BCUT2D eigenvalue weighted by atomic mass is 10.2. The number of carbonyl (C=O) groups is 2. The van der Waals surface area contributed by atoms with Crippen LogP contribution < -0.4 is 30.2 Å². The van der Waals surface area contributed by atoms with Gasteiger partial charge in [0.2, 0.25) is 5.75 Å². The van der Waals surface area contributed by atoms with Crippen molar-refractivity contribution >= 4 is 34.2 Å². The summed E-state index contributed by atoms with van der Waals surface area (Å²) in [5, 5.41) is 9.30. The van der Waals surface area contributed by atoms with Gasteiger partial charge in [-0.25, -0.2) is 14.6 Å².